The van der Waals surface area contributed by atoms with E-state index in [9.17, 15) is 0 Å². The minimum Gasteiger partial charge on any atom is -0.497 e. The second-order valence-electron chi connectivity index (χ2n) is 3.56. The molecule has 0 radical (unpaired) electrons. The number of hydrogen-bond donors (Lipinski definition) is 0. The summed E-state index contributed by atoms with van der Waals surface area (Å²) in [5, 5.41) is 9.08. The Kier molecular flexibility index (Phi) is 3.36. The van der Waals surface area contributed by atoms with E-state index in [1.807, 2.05) is 30.5 Å². The summed E-state index contributed by atoms with van der Waals surface area (Å²) in [5.41, 5.74) is 2.43. The van der Waals surface area contributed by atoms with Gasteiger partial charge in [0.25, 0.3) is 0 Å². The third-order valence-electron chi connectivity index (χ3n) is 2.52. The molecule has 2 aromatic rings. The zero-order valence-corrected chi connectivity index (χ0v) is 10.1. The number of methoxy groups -OCH3 is 1. The van der Waals surface area contributed by atoms with Gasteiger partial charge in [0.15, 0.2) is 0 Å². The van der Waals surface area contributed by atoms with E-state index < -0.39 is 0 Å². The molecule has 0 saturated carbocycles. The Morgan fingerprint density at radius 1 is 1.41 bits per heavy atom. The number of alkyl halides is 1. The summed E-state index contributed by atoms with van der Waals surface area (Å²) in [7, 11) is 1.62. The van der Waals surface area contributed by atoms with Gasteiger partial charge in [-0.15, -0.1) is 11.6 Å². The maximum absolute atomic E-state index is 9.08. The molecule has 0 bridgehead atoms. The van der Waals surface area contributed by atoms with Crippen LogP contribution < -0.4 is 4.74 Å². The number of nitriles is 1. The van der Waals surface area contributed by atoms with Crippen molar-refractivity contribution in [1.82, 2.24) is 4.57 Å². The van der Waals surface area contributed by atoms with Crippen LogP contribution in [0.25, 0.3) is 11.1 Å². The van der Waals surface area contributed by atoms with Crippen LogP contribution in [-0.4, -0.2) is 11.7 Å². The fraction of sp³-hybridized carbons (Fsp3) is 0.154. The first-order chi connectivity index (χ1) is 8.28. The molecular weight excluding hydrogens is 236 g/mol. The normalized spacial score (nSPS) is 9.94. The van der Waals surface area contributed by atoms with Gasteiger partial charge in [-0.25, -0.2) is 0 Å². The van der Waals surface area contributed by atoms with E-state index in [0.29, 0.717) is 11.6 Å². The van der Waals surface area contributed by atoms with Crippen LogP contribution >= 0.6 is 11.6 Å². The summed E-state index contributed by atoms with van der Waals surface area (Å²) in [6, 6.07) is 10.1. The molecule has 1 aromatic heterocycles. The van der Waals surface area contributed by atoms with E-state index in [1.54, 1.807) is 17.9 Å². The van der Waals surface area contributed by atoms with Crippen molar-refractivity contribution in [3.63, 3.8) is 0 Å². The minimum atomic E-state index is 0.332. The Balaban J connectivity index is 2.51. The smallest absolute Gasteiger partial charge is 0.119 e. The number of aromatic nitrogens is 1. The van der Waals surface area contributed by atoms with Crippen molar-refractivity contribution in [2.45, 2.75) is 6.00 Å². The third-order valence-corrected chi connectivity index (χ3v) is 2.80. The van der Waals surface area contributed by atoms with Crippen molar-refractivity contribution in [3.05, 3.63) is 42.2 Å². The number of benzene rings is 1. The van der Waals surface area contributed by atoms with Gasteiger partial charge in [0.2, 0.25) is 0 Å². The van der Waals surface area contributed by atoms with Gasteiger partial charge in [0.1, 0.15) is 11.8 Å². The molecule has 86 valence electrons. The number of rotatable bonds is 3. The lowest BCUT2D eigenvalue weighted by Gasteiger charge is -2.03. The van der Waals surface area contributed by atoms with Crippen LogP contribution in [0.1, 0.15) is 5.56 Å². The van der Waals surface area contributed by atoms with Crippen LogP contribution in [0.2, 0.25) is 0 Å². The highest BCUT2D eigenvalue weighted by Gasteiger charge is 2.09. The molecule has 0 N–H and O–H groups in total. The van der Waals surface area contributed by atoms with Crippen molar-refractivity contribution in [2.24, 2.45) is 0 Å². The van der Waals surface area contributed by atoms with Crippen molar-refractivity contribution in [2.75, 3.05) is 7.11 Å². The summed E-state index contributed by atoms with van der Waals surface area (Å²) >= 11 is 5.74. The molecule has 1 heterocycles. The molecule has 0 aliphatic heterocycles. The SMILES string of the molecule is COc1cccc(-c2cn(CCl)cc2C#N)c1. The van der Waals surface area contributed by atoms with Gasteiger partial charge >= 0.3 is 0 Å². The predicted molar refractivity (Wildman–Crippen MR) is 67.0 cm³/mol. The lowest BCUT2D eigenvalue weighted by Crippen LogP contribution is -1.85. The fourth-order valence-corrected chi connectivity index (χ4v) is 1.82. The van der Waals surface area contributed by atoms with E-state index in [4.69, 9.17) is 21.6 Å². The molecule has 0 fully saturated rings. The Bertz CT molecular complexity index is 569. The number of ether oxygens (including phenoxy) is 1. The Morgan fingerprint density at radius 2 is 2.24 bits per heavy atom. The Labute approximate surface area is 105 Å². The highest BCUT2D eigenvalue weighted by molar-refractivity contribution is 6.15. The van der Waals surface area contributed by atoms with Crippen molar-refractivity contribution in [1.29, 1.82) is 5.26 Å². The standard InChI is InChI=1S/C13H11ClN2O/c1-17-12-4-2-3-10(5-12)13-8-16(9-14)7-11(13)6-15/h2-5,7-8H,9H2,1H3. The largest absolute Gasteiger partial charge is 0.497 e. The van der Waals surface area contributed by atoms with E-state index in [1.165, 1.54) is 0 Å². The van der Waals surface area contributed by atoms with Crippen molar-refractivity contribution in [3.8, 4) is 22.9 Å². The lowest BCUT2D eigenvalue weighted by molar-refractivity contribution is 0.415. The molecule has 3 nitrogen and oxygen atoms in total. The van der Waals surface area contributed by atoms with Crippen LogP contribution in [0.4, 0.5) is 0 Å². The summed E-state index contributed by atoms with van der Waals surface area (Å²) in [6.45, 7) is 0. The summed E-state index contributed by atoms with van der Waals surface area (Å²) in [4.78, 5) is 0. The molecule has 0 aliphatic rings. The second-order valence-corrected chi connectivity index (χ2v) is 3.80. The maximum atomic E-state index is 9.08. The van der Waals surface area contributed by atoms with E-state index >= 15 is 0 Å². The third kappa shape index (κ3) is 2.27. The molecule has 1 aromatic carbocycles. The monoisotopic (exact) mass is 246 g/mol. The van der Waals surface area contributed by atoms with Gasteiger partial charge < -0.3 is 9.30 Å². The topological polar surface area (TPSA) is 38.0 Å². The summed E-state index contributed by atoms with van der Waals surface area (Å²) < 4.78 is 6.94. The first-order valence-electron chi connectivity index (χ1n) is 5.08. The lowest BCUT2D eigenvalue weighted by atomic mass is 10.1. The molecular formula is C13H11ClN2O. The molecule has 0 unspecified atom stereocenters. The van der Waals surface area contributed by atoms with Crippen molar-refractivity contribution >= 4 is 11.6 Å². The molecule has 0 saturated heterocycles. The maximum Gasteiger partial charge on any atom is 0.119 e. The van der Waals surface area contributed by atoms with Gasteiger partial charge in [-0.3, -0.25) is 0 Å². The van der Waals surface area contributed by atoms with E-state index in [2.05, 4.69) is 6.07 Å². The number of halogens is 1. The Hall–Kier alpha value is -1.92. The van der Waals surface area contributed by atoms with Crippen LogP contribution in [-0.2, 0) is 6.00 Å². The van der Waals surface area contributed by atoms with Gasteiger partial charge in [0, 0.05) is 18.0 Å². The Morgan fingerprint density at radius 3 is 2.88 bits per heavy atom. The molecule has 17 heavy (non-hydrogen) atoms. The highest BCUT2D eigenvalue weighted by atomic mass is 35.5. The average molecular weight is 247 g/mol. The average Bonchev–Trinajstić information content (AvgIpc) is 2.82. The summed E-state index contributed by atoms with van der Waals surface area (Å²) in [6.07, 6.45) is 3.60. The zero-order valence-electron chi connectivity index (χ0n) is 9.35. The summed E-state index contributed by atoms with van der Waals surface area (Å²) in [5.74, 6) is 0.769. The van der Waals surface area contributed by atoms with Crippen LogP contribution in [0.15, 0.2) is 36.7 Å². The van der Waals surface area contributed by atoms with Crippen LogP contribution in [0.3, 0.4) is 0 Å². The molecule has 0 aliphatic carbocycles. The molecule has 0 amide bonds. The first kappa shape index (κ1) is 11.6. The van der Waals surface area contributed by atoms with Crippen molar-refractivity contribution < 1.29 is 4.74 Å². The van der Waals surface area contributed by atoms with Gasteiger partial charge in [-0.1, -0.05) is 12.1 Å². The molecule has 0 spiro atoms. The first-order valence-corrected chi connectivity index (χ1v) is 5.62. The van der Waals surface area contributed by atoms with Gasteiger partial charge in [-0.05, 0) is 17.7 Å². The molecule has 0 atom stereocenters. The molecule has 2 rings (SSSR count). The fourth-order valence-electron chi connectivity index (χ4n) is 1.69. The second kappa shape index (κ2) is 4.94. The highest BCUT2D eigenvalue weighted by Crippen LogP contribution is 2.27. The zero-order chi connectivity index (χ0) is 12.3. The van der Waals surface area contributed by atoms with Crippen LogP contribution in [0.5, 0.6) is 5.75 Å². The minimum absolute atomic E-state index is 0.332. The predicted octanol–water partition coefficient (Wildman–Crippen LogP) is 3.23. The number of hydrogen-bond acceptors (Lipinski definition) is 2. The molecule has 4 heteroatoms. The van der Waals surface area contributed by atoms with E-state index in [-0.39, 0.29) is 0 Å². The van der Waals surface area contributed by atoms with Gasteiger partial charge in [0.05, 0.1) is 18.7 Å². The van der Waals surface area contributed by atoms with Gasteiger partial charge in [-0.2, -0.15) is 5.26 Å². The quantitative estimate of drug-likeness (QED) is 0.780. The number of nitrogens with zero attached hydrogens (tertiary/aromatic N) is 2. The van der Waals surface area contributed by atoms with Crippen LogP contribution in [0, 0.1) is 11.3 Å². The van der Waals surface area contributed by atoms with E-state index in [0.717, 1.165) is 16.9 Å².